The van der Waals surface area contributed by atoms with Crippen molar-refractivity contribution in [1.29, 1.82) is 0 Å². The third-order valence-electron chi connectivity index (χ3n) is 4.80. The molecule has 1 saturated heterocycles. The van der Waals surface area contributed by atoms with Crippen molar-refractivity contribution >= 4 is 23.5 Å². The lowest BCUT2D eigenvalue weighted by Gasteiger charge is -2.36. The van der Waals surface area contributed by atoms with E-state index in [2.05, 4.69) is 20.2 Å². The second kappa shape index (κ2) is 7.36. The number of hydrogen-bond acceptors (Lipinski definition) is 5. The number of aromatic nitrogens is 4. The number of nitrogen functional groups attached to an aromatic ring is 1. The molecule has 8 heteroatoms. The molecule has 7 nitrogen and oxygen atoms in total. The van der Waals surface area contributed by atoms with Gasteiger partial charge in [0.1, 0.15) is 5.69 Å². The number of H-pyrrole nitrogens is 1. The SMILES string of the molecule is Nc1ncc(-c2ccc(Cl)cc2)c([C@H]2CCCCN2C(=O)c2ccn[nH]2)n1. The van der Waals surface area contributed by atoms with Crippen LogP contribution in [-0.4, -0.2) is 37.5 Å². The molecule has 3 N–H and O–H groups in total. The summed E-state index contributed by atoms with van der Waals surface area (Å²) in [5.41, 5.74) is 8.92. The Hall–Kier alpha value is -2.93. The number of aromatic amines is 1. The first-order chi connectivity index (χ1) is 13.1. The second-order valence-electron chi connectivity index (χ2n) is 6.51. The average Bonchev–Trinajstić information content (AvgIpc) is 3.23. The van der Waals surface area contributed by atoms with Crippen molar-refractivity contribution in [3.63, 3.8) is 0 Å². The highest BCUT2D eigenvalue weighted by atomic mass is 35.5. The fraction of sp³-hybridized carbons (Fsp3) is 0.263. The number of rotatable bonds is 3. The summed E-state index contributed by atoms with van der Waals surface area (Å²) in [5.74, 6) is 0.110. The van der Waals surface area contributed by atoms with E-state index < -0.39 is 0 Å². The van der Waals surface area contributed by atoms with Gasteiger partial charge in [0.25, 0.3) is 5.91 Å². The van der Waals surface area contributed by atoms with Crippen LogP contribution in [0.2, 0.25) is 5.02 Å². The number of nitrogens with one attached hydrogen (secondary N) is 1. The summed E-state index contributed by atoms with van der Waals surface area (Å²) in [4.78, 5) is 23.5. The molecule has 0 saturated carbocycles. The first-order valence-electron chi connectivity index (χ1n) is 8.82. The molecule has 2 aromatic heterocycles. The van der Waals surface area contributed by atoms with Gasteiger partial charge < -0.3 is 10.6 Å². The van der Waals surface area contributed by atoms with Gasteiger partial charge in [0.2, 0.25) is 5.95 Å². The molecule has 1 aliphatic heterocycles. The topological polar surface area (TPSA) is 101 Å². The standard InChI is InChI=1S/C19H19ClN6O/c20-13-6-4-12(5-7-13)14-11-22-19(21)24-17(14)16-3-1-2-10-26(16)18(27)15-8-9-23-25-15/h4-9,11,16H,1-3,10H2,(H,23,25)(H2,21,22,24)/t16-/m1/s1. The number of anilines is 1. The summed E-state index contributed by atoms with van der Waals surface area (Å²) in [6.45, 7) is 0.659. The smallest absolute Gasteiger partial charge is 0.272 e. The van der Waals surface area contributed by atoms with Crippen LogP contribution in [0.3, 0.4) is 0 Å². The van der Waals surface area contributed by atoms with Gasteiger partial charge in [0.15, 0.2) is 0 Å². The second-order valence-corrected chi connectivity index (χ2v) is 6.95. The Labute approximate surface area is 161 Å². The van der Waals surface area contributed by atoms with Crippen molar-refractivity contribution in [2.45, 2.75) is 25.3 Å². The predicted molar refractivity (Wildman–Crippen MR) is 103 cm³/mol. The number of benzene rings is 1. The van der Waals surface area contributed by atoms with Gasteiger partial charge in [-0.1, -0.05) is 23.7 Å². The molecule has 1 aliphatic rings. The molecule has 3 heterocycles. The van der Waals surface area contributed by atoms with Crippen molar-refractivity contribution in [3.8, 4) is 11.1 Å². The van der Waals surface area contributed by atoms with E-state index >= 15 is 0 Å². The fourth-order valence-corrected chi connectivity index (χ4v) is 3.63. The van der Waals surface area contributed by atoms with Crippen molar-refractivity contribution in [2.24, 2.45) is 0 Å². The number of piperidine rings is 1. The predicted octanol–water partition coefficient (Wildman–Crippen LogP) is 3.47. The summed E-state index contributed by atoms with van der Waals surface area (Å²) < 4.78 is 0. The Bertz CT molecular complexity index is 941. The number of likely N-dealkylation sites (tertiary alicyclic amines) is 1. The highest BCUT2D eigenvalue weighted by molar-refractivity contribution is 6.30. The highest BCUT2D eigenvalue weighted by Gasteiger charge is 2.32. The molecule has 0 radical (unpaired) electrons. The number of hydrogen-bond donors (Lipinski definition) is 2. The zero-order chi connectivity index (χ0) is 18.8. The summed E-state index contributed by atoms with van der Waals surface area (Å²) in [7, 11) is 0. The average molecular weight is 383 g/mol. The quantitative estimate of drug-likeness (QED) is 0.722. The maximum absolute atomic E-state index is 13.0. The normalized spacial score (nSPS) is 17.1. The molecule has 1 atom stereocenters. The zero-order valence-electron chi connectivity index (χ0n) is 14.6. The van der Waals surface area contributed by atoms with Crippen LogP contribution < -0.4 is 5.73 Å². The maximum Gasteiger partial charge on any atom is 0.272 e. The monoisotopic (exact) mass is 382 g/mol. The molecular weight excluding hydrogens is 364 g/mol. The van der Waals surface area contributed by atoms with E-state index in [1.165, 1.54) is 0 Å². The van der Waals surface area contributed by atoms with Crippen LogP contribution in [0, 0.1) is 0 Å². The molecule has 1 fully saturated rings. The van der Waals surface area contributed by atoms with Gasteiger partial charge in [-0.2, -0.15) is 5.10 Å². The molecule has 1 amide bonds. The first kappa shape index (κ1) is 17.5. The number of carbonyl (C=O) groups excluding carboxylic acids is 1. The Morgan fingerprint density at radius 3 is 2.78 bits per heavy atom. The lowest BCUT2D eigenvalue weighted by Crippen LogP contribution is -2.39. The van der Waals surface area contributed by atoms with E-state index in [9.17, 15) is 4.79 Å². The van der Waals surface area contributed by atoms with Gasteiger partial charge >= 0.3 is 0 Å². The van der Waals surface area contributed by atoms with Gasteiger partial charge in [-0.25, -0.2) is 9.97 Å². The fourth-order valence-electron chi connectivity index (χ4n) is 3.50. The highest BCUT2D eigenvalue weighted by Crippen LogP contribution is 2.36. The summed E-state index contributed by atoms with van der Waals surface area (Å²) in [6.07, 6.45) is 6.08. The van der Waals surface area contributed by atoms with Gasteiger partial charge in [-0.3, -0.25) is 9.89 Å². The molecule has 0 bridgehead atoms. The van der Waals surface area contributed by atoms with Crippen LogP contribution in [0.5, 0.6) is 0 Å². The first-order valence-corrected chi connectivity index (χ1v) is 9.20. The van der Waals surface area contributed by atoms with Crippen molar-refractivity contribution < 1.29 is 4.79 Å². The number of amides is 1. The molecule has 0 aliphatic carbocycles. The van der Waals surface area contributed by atoms with E-state index in [-0.39, 0.29) is 17.9 Å². The van der Waals surface area contributed by atoms with Gasteiger partial charge in [0, 0.05) is 29.5 Å². The van der Waals surface area contributed by atoms with Crippen LogP contribution in [0.15, 0.2) is 42.7 Å². The minimum Gasteiger partial charge on any atom is -0.368 e. The lowest BCUT2D eigenvalue weighted by atomic mass is 9.93. The van der Waals surface area contributed by atoms with E-state index in [0.29, 0.717) is 17.3 Å². The zero-order valence-corrected chi connectivity index (χ0v) is 15.4. The van der Waals surface area contributed by atoms with Crippen LogP contribution in [0.25, 0.3) is 11.1 Å². The number of halogens is 1. The van der Waals surface area contributed by atoms with Crippen LogP contribution in [0.4, 0.5) is 5.95 Å². The number of nitrogens with two attached hydrogens (primary N) is 1. The lowest BCUT2D eigenvalue weighted by molar-refractivity contribution is 0.0600. The Morgan fingerprint density at radius 2 is 2.04 bits per heavy atom. The van der Waals surface area contributed by atoms with Gasteiger partial charge in [0.05, 0.1) is 11.7 Å². The molecule has 1 aromatic carbocycles. The molecule has 0 unspecified atom stereocenters. The summed E-state index contributed by atoms with van der Waals surface area (Å²) in [5, 5.41) is 7.31. The molecular formula is C19H19ClN6O. The molecule has 27 heavy (non-hydrogen) atoms. The Kier molecular flexibility index (Phi) is 4.77. The van der Waals surface area contributed by atoms with E-state index in [1.807, 2.05) is 29.2 Å². The largest absolute Gasteiger partial charge is 0.368 e. The van der Waals surface area contributed by atoms with E-state index in [4.69, 9.17) is 17.3 Å². The number of nitrogens with zero attached hydrogens (tertiary/aromatic N) is 4. The molecule has 0 spiro atoms. The third kappa shape index (κ3) is 3.50. The number of carbonyl (C=O) groups is 1. The van der Waals surface area contributed by atoms with Gasteiger partial charge in [-0.15, -0.1) is 0 Å². The van der Waals surface area contributed by atoms with Crippen molar-refractivity contribution in [3.05, 3.63) is 59.1 Å². The Morgan fingerprint density at radius 1 is 1.22 bits per heavy atom. The molecule has 3 aromatic rings. The van der Waals surface area contributed by atoms with Crippen LogP contribution >= 0.6 is 11.6 Å². The molecule has 4 rings (SSSR count). The van der Waals surface area contributed by atoms with Gasteiger partial charge in [-0.05, 0) is 43.0 Å². The minimum absolute atomic E-state index is 0.0866. The van der Waals surface area contributed by atoms with E-state index in [0.717, 1.165) is 36.1 Å². The van der Waals surface area contributed by atoms with Crippen molar-refractivity contribution in [2.75, 3.05) is 12.3 Å². The summed E-state index contributed by atoms with van der Waals surface area (Å²) >= 11 is 6.02. The minimum atomic E-state index is -0.175. The van der Waals surface area contributed by atoms with E-state index in [1.54, 1.807) is 18.5 Å². The van der Waals surface area contributed by atoms with Crippen LogP contribution in [0.1, 0.15) is 41.5 Å². The third-order valence-corrected chi connectivity index (χ3v) is 5.05. The van der Waals surface area contributed by atoms with Crippen LogP contribution in [-0.2, 0) is 0 Å². The molecule has 138 valence electrons. The van der Waals surface area contributed by atoms with Crippen molar-refractivity contribution in [1.82, 2.24) is 25.1 Å². The Balaban J connectivity index is 1.77. The summed E-state index contributed by atoms with van der Waals surface area (Å²) in [6, 6.07) is 9.00. The maximum atomic E-state index is 13.0.